The Bertz CT molecular complexity index is 324. The lowest BCUT2D eigenvalue weighted by atomic mass is 10.1. The molecule has 0 aliphatic rings. The van der Waals surface area contributed by atoms with Gasteiger partial charge in [0.25, 0.3) is 0 Å². The van der Waals surface area contributed by atoms with Crippen molar-refractivity contribution in [3.63, 3.8) is 0 Å². The summed E-state index contributed by atoms with van der Waals surface area (Å²) in [5.74, 6) is -3.86. The van der Waals surface area contributed by atoms with Gasteiger partial charge in [-0.15, -0.1) is 0 Å². The van der Waals surface area contributed by atoms with Crippen molar-refractivity contribution < 1.29 is 23.4 Å². The molecule has 4 nitrogen and oxygen atoms in total. The number of halogens is 3. The summed E-state index contributed by atoms with van der Waals surface area (Å²) in [6, 6.07) is 0. The maximum Gasteiger partial charge on any atom is 0.449 e. The van der Waals surface area contributed by atoms with Crippen LogP contribution in [0.4, 0.5) is 13.2 Å². The van der Waals surface area contributed by atoms with Crippen molar-refractivity contribution in [1.82, 2.24) is 9.78 Å². The minimum Gasteiger partial charge on any atom is -0.354 e. The first-order valence-electron chi connectivity index (χ1n) is 3.68. The molecule has 0 saturated heterocycles. The number of aromatic nitrogens is 2. The lowest BCUT2D eigenvalue weighted by Gasteiger charge is -2.25. The van der Waals surface area contributed by atoms with Gasteiger partial charge >= 0.3 is 12.0 Å². The minimum absolute atomic E-state index is 0.0647. The van der Waals surface area contributed by atoms with Gasteiger partial charge in [0.05, 0.1) is 6.20 Å². The van der Waals surface area contributed by atoms with Crippen LogP contribution in [-0.2, 0) is 12.8 Å². The summed E-state index contributed by atoms with van der Waals surface area (Å²) in [7, 11) is 1.20. The highest BCUT2D eigenvalue weighted by Gasteiger charge is 2.56. The molecular formula is C7H9F3N2O2. The summed E-state index contributed by atoms with van der Waals surface area (Å²) in [6.07, 6.45) is -4.02. The lowest BCUT2D eigenvalue weighted by molar-refractivity contribution is -0.361. The van der Waals surface area contributed by atoms with E-state index in [4.69, 9.17) is 10.2 Å². The highest BCUT2D eigenvalue weighted by Crippen LogP contribution is 2.37. The van der Waals surface area contributed by atoms with E-state index in [1.165, 1.54) is 14.0 Å². The Hall–Kier alpha value is -1.08. The van der Waals surface area contributed by atoms with Crippen molar-refractivity contribution in [3.8, 4) is 0 Å². The predicted molar refractivity (Wildman–Crippen MR) is 40.1 cm³/mol. The Kier molecular flexibility index (Phi) is 2.32. The average Bonchev–Trinajstić information content (AvgIpc) is 2.28. The average molecular weight is 210 g/mol. The third-order valence-corrected chi connectivity index (χ3v) is 1.85. The smallest absolute Gasteiger partial charge is 0.354 e. The molecule has 0 aromatic carbocycles. The molecule has 0 unspecified atom stereocenters. The monoisotopic (exact) mass is 210 g/mol. The molecule has 0 bridgehead atoms. The van der Waals surface area contributed by atoms with E-state index >= 15 is 0 Å². The second-order valence-electron chi connectivity index (χ2n) is 2.97. The summed E-state index contributed by atoms with van der Waals surface area (Å²) >= 11 is 0. The molecule has 14 heavy (non-hydrogen) atoms. The Morgan fingerprint density at radius 1 is 1.36 bits per heavy atom. The van der Waals surface area contributed by atoms with Crippen molar-refractivity contribution in [2.24, 2.45) is 7.05 Å². The standard InChI is InChI=1S/C7H9F3N2O2/c1-4-3-11-12(2)5(4)6(13,14)7(8,9)10/h3,13-14H,1-2H3. The summed E-state index contributed by atoms with van der Waals surface area (Å²) in [4.78, 5) is 0. The molecule has 0 aliphatic heterocycles. The van der Waals surface area contributed by atoms with Crippen molar-refractivity contribution >= 4 is 0 Å². The first kappa shape index (κ1) is 11.0. The van der Waals surface area contributed by atoms with Crippen molar-refractivity contribution in [2.45, 2.75) is 18.9 Å². The third kappa shape index (κ3) is 1.48. The van der Waals surface area contributed by atoms with Crippen LogP contribution in [-0.4, -0.2) is 26.2 Å². The Balaban J connectivity index is 3.29. The van der Waals surface area contributed by atoms with Crippen LogP contribution in [0.15, 0.2) is 6.20 Å². The van der Waals surface area contributed by atoms with Crippen molar-refractivity contribution in [1.29, 1.82) is 0 Å². The van der Waals surface area contributed by atoms with Crippen LogP contribution in [0.2, 0.25) is 0 Å². The van der Waals surface area contributed by atoms with E-state index in [2.05, 4.69) is 5.10 Å². The van der Waals surface area contributed by atoms with Crippen LogP contribution in [0.1, 0.15) is 11.3 Å². The predicted octanol–water partition coefficient (Wildman–Crippen LogP) is 0.428. The fourth-order valence-corrected chi connectivity index (χ4v) is 1.18. The Morgan fingerprint density at radius 2 is 1.86 bits per heavy atom. The van der Waals surface area contributed by atoms with E-state index < -0.39 is 17.7 Å². The molecule has 1 heterocycles. The molecule has 1 rings (SSSR count). The second kappa shape index (κ2) is 2.96. The van der Waals surface area contributed by atoms with E-state index in [9.17, 15) is 13.2 Å². The largest absolute Gasteiger partial charge is 0.449 e. The van der Waals surface area contributed by atoms with Gasteiger partial charge in [0.2, 0.25) is 0 Å². The second-order valence-corrected chi connectivity index (χ2v) is 2.97. The summed E-state index contributed by atoms with van der Waals surface area (Å²) in [5, 5.41) is 21.4. The zero-order valence-corrected chi connectivity index (χ0v) is 7.50. The third-order valence-electron chi connectivity index (χ3n) is 1.85. The summed E-state index contributed by atoms with van der Waals surface area (Å²) in [5.41, 5.74) is -0.611. The maximum atomic E-state index is 12.2. The van der Waals surface area contributed by atoms with Gasteiger partial charge in [-0.3, -0.25) is 4.68 Å². The molecule has 1 aromatic rings. The van der Waals surface area contributed by atoms with Gasteiger partial charge < -0.3 is 10.2 Å². The van der Waals surface area contributed by atoms with E-state index in [1.54, 1.807) is 0 Å². The number of aryl methyl sites for hydroxylation is 2. The van der Waals surface area contributed by atoms with Crippen LogP contribution in [0, 0.1) is 6.92 Å². The molecule has 0 atom stereocenters. The number of alkyl halides is 3. The van der Waals surface area contributed by atoms with Gasteiger partial charge in [-0.1, -0.05) is 0 Å². The summed E-state index contributed by atoms with van der Waals surface area (Å²) in [6.45, 7) is 1.31. The molecular weight excluding hydrogens is 201 g/mol. The molecule has 0 radical (unpaired) electrons. The van der Waals surface area contributed by atoms with Crippen LogP contribution in [0.25, 0.3) is 0 Å². The highest BCUT2D eigenvalue weighted by atomic mass is 19.4. The van der Waals surface area contributed by atoms with E-state index in [-0.39, 0.29) is 5.56 Å². The quantitative estimate of drug-likeness (QED) is 0.661. The van der Waals surface area contributed by atoms with Gasteiger partial charge in [-0.05, 0) is 12.5 Å². The first-order chi connectivity index (χ1) is 6.18. The molecule has 7 heteroatoms. The summed E-state index contributed by atoms with van der Waals surface area (Å²) < 4.78 is 37.4. The van der Waals surface area contributed by atoms with Gasteiger partial charge in [0.1, 0.15) is 5.69 Å². The Morgan fingerprint density at radius 3 is 2.14 bits per heavy atom. The van der Waals surface area contributed by atoms with E-state index in [1.807, 2.05) is 0 Å². The molecule has 80 valence electrons. The van der Waals surface area contributed by atoms with Gasteiger partial charge in [-0.25, -0.2) is 0 Å². The number of aliphatic hydroxyl groups is 2. The van der Waals surface area contributed by atoms with Crippen LogP contribution >= 0.6 is 0 Å². The topological polar surface area (TPSA) is 58.3 Å². The zero-order chi connectivity index (χ0) is 11.1. The van der Waals surface area contributed by atoms with Gasteiger partial charge in [0.15, 0.2) is 0 Å². The number of nitrogens with zero attached hydrogens (tertiary/aromatic N) is 2. The SMILES string of the molecule is Cc1cnn(C)c1C(O)(O)C(F)(F)F. The number of rotatable bonds is 1. The lowest BCUT2D eigenvalue weighted by Crippen LogP contribution is -2.44. The molecule has 0 fully saturated rings. The molecule has 0 spiro atoms. The molecule has 2 N–H and O–H groups in total. The van der Waals surface area contributed by atoms with Crippen LogP contribution < -0.4 is 0 Å². The van der Waals surface area contributed by atoms with Crippen molar-refractivity contribution in [2.75, 3.05) is 0 Å². The normalized spacial score (nSPS) is 13.4. The van der Waals surface area contributed by atoms with Crippen LogP contribution in [0.5, 0.6) is 0 Å². The fourth-order valence-electron chi connectivity index (χ4n) is 1.18. The highest BCUT2D eigenvalue weighted by molar-refractivity contribution is 5.21. The zero-order valence-electron chi connectivity index (χ0n) is 7.50. The van der Waals surface area contributed by atoms with Gasteiger partial charge in [0, 0.05) is 7.05 Å². The maximum absolute atomic E-state index is 12.2. The van der Waals surface area contributed by atoms with E-state index in [0.717, 1.165) is 10.9 Å². The molecule has 0 amide bonds. The van der Waals surface area contributed by atoms with E-state index in [0.29, 0.717) is 0 Å². The van der Waals surface area contributed by atoms with Crippen LogP contribution in [0.3, 0.4) is 0 Å². The Labute approximate surface area is 77.6 Å². The van der Waals surface area contributed by atoms with Crippen molar-refractivity contribution in [3.05, 3.63) is 17.5 Å². The molecule has 0 saturated carbocycles. The molecule has 0 aliphatic carbocycles. The first-order valence-corrected chi connectivity index (χ1v) is 3.68. The van der Waals surface area contributed by atoms with Gasteiger partial charge in [-0.2, -0.15) is 18.3 Å². The number of hydrogen-bond donors (Lipinski definition) is 2. The molecule has 1 aromatic heterocycles. The number of hydrogen-bond acceptors (Lipinski definition) is 3. The fraction of sp³-hybridized carbons (Fsp3) is 0.571. The minimum atomic E-state index is -5.15.